The smallest absolute Gasteiger partial charge is 0.283 e. The third kappa shape index (κ3) is 4.36. The van der Waals surface area contributed by atoms with E-state index in [-0.39, 0.29) is 22.3 Å². The predicted molar refractivity (Wildman–Crippen MR) is 126 cm³/mol. The van der Waals surface area contributed by atoms with Crippen LogP contribution in [0, 0.1) is 19.7 Å². The van der Waals surface area contributed by atoms with Gasteiger partial charge in [0.15, 0.2) is 0 Å². The van der Waals surface area contributed by atoms with Crippen molar-refractivity contribution in [1.82, 2.24) is 0 Å². The predicted octanol–water partition coefficient (Wildman–Crippen LogP) is 5.13. The Kier molecular flexibility index (Phi) is 5.98. The van der Waals surface area contributed by atoms with Gasteiger partial charge >= 0.3 is 0 Å². The highest BCUT2D eigenvalue weighted by molar-refractivity contribution is 6.53. The van der Waals surface area contributed by atoms with Gasteiger partial charge in [0.1, 0.15) is 16.5 Å². The van der Waals surface area contributed by atoms with Crippen LogP contribution >= 0.6 is 11.6 Å². The first kappa shape index (κ1) is 22.2. The molecule has 3 aromatic carbocycles. The maximum Gasteiger partial charge on any atom is 0.283 e. The highest BCUT2D eigenvalue weighted by Gasteiger charge is 2.40. The minimum Gasteiger partial charge on any atom is -0.350 e. The molecule has 0 fully saturated rings. The molecule has 0 saturated carbocycles. The highest BCUT2D eigenvalue weighted by Crippen LogP contribution is 2.31. The van der Waals surface area contributed by atoms with Crippen LogP contribution in [0.2, 0.25) is 0 Å². The fourth-order valence-electron chi connectivity index (χ4n) is 3.33. The molecule has 1 aliphatic rings. The van der Waals surface area contributed by atoms with Crippen LogP contribution in [-0.4, -0.2) is 17.7 Å². The Morgan fingerprint density at radius 1 is 0.879 bits per heavy atom. The van der Waals surface area contributed by atoms with Crippen LogP contribution in [0.4, 0.5) is 21.5 Å². The second kappa shape index (κ2) is 8.88. The second-order valence-corrected chi connectivity index (χ2v) is 7.92. The Hall–Kier alpha value is -3.97. The fraction of sp³-hybridized carbons (Fsp3) is 0.0800. The molecule has 0 aliphatic carbocycles. The van der Waals surface area contributed by atoms with Crippen molar-refractivity contribution in [2.45, 2.75) is 13.8 Å². The van der Waals surface area contributed by atoms with Crippen molar-refractivity contribution in [3.05, 3.63) is 100.0 Å². The number of aryl methyl sites for hydroxylation is 2. The Balaban J connectivity index is 1.49. The molecule has 6 nitrogen and oxygen atoms in total. The molecular formula is C25H19ClFN3O3. The molecule has 8 heteroatoms. The number of amides is 3. The largest absolute Gasteiger partial charge is 0.350 e. The minimum atomic E-state index is -0.821. The van der Waals surface area contributed by atoms with Crippen molar-refractivity contribution in [2.24, 2.45) is 0 Å². The molecule has 0 aromatic heterocycles. The molecule has 3 amide bonds. The fourth-order valence-corrected chi connectivity index (χ4v) is 3.55. The van der Waals surface area contributed by atoms with Gasteiger partial charge in [-0.2, -0.15) is 0 Å². The molecule has 0 unspecified atom stereocenters. The summed E-state index contributed by atoms with van der Waals surface area (Å²) in [4.78, 5) is 38.5. The van der Waals surface area contributed by atoms with E-state index in [1.165, 1.54) is 18.2 Å². The third-order valence-electron chi connectivity index (χ3n) is 5.30. The van der Waals surface area contributed by atoms with Crippen molar-refractivity contribution >= 4 is 46.4 Å². The summed E-state index contributed by atoms with van der Waals surface area (Å²) in [5, 5.41) is 5.29. The molecule has 0 saturated heterocycles. The van der Waals surface area contributed by atoms with Crippen molar-refractivity contribution < 1.29 is 18.8 Å². The first-order chi connectivity index (χ1) is 15.8. The van der Waals surface area contributed by atoms with E-state index in [2.05, 4.69) is 10.6 Å². The van der Waals surface area contributed by atoms with Crippen molar-refractivity contribution in [1.29, 1.82) is 0 Å². The van der Waals surface area contributed by atoms with E-state index in [1.54, 1.807) is 24.3 Å². The monoisotopic (exact) mass is 463 g/mol. The number of nitrogens with zero attached hydrogens (tertiary/aromatic N) is 1. The zero-order valence-electron chi connectivity index (χ0n) is 17.8. The Bertz CT molecular complexity index is 1320. The van der Waals surface area contributed by atoms with Gasteiger partial charge < -0.3 is 10.6 Å². The van der Waals surface area contributed by atoms with Crippen LogP contribution in [0.15, 0.2) is 77.5 Å². The lowest BCUT2D eigenvalue weighted by atomic mass is 10.1. The maximum absolute atomic E-state index is 14.1. The average Bonchev–Trinajstić information content (AvgIpc) is 3.00. The first-order valence-corrected chi connectivity index (χ1v) is 10.4. The summed E-state index contributed by atoms with van der Waals surface area (Å²) in [7, 11) is 0. The molecule has 0 atom stereocenters. The second-order valence-electron chi connectivity index (χ2n) is 7.54. The van der Waals surface area contributed by atoms with Gasteiger partial charge in [-0.15, -0.1) is 0 Å². The van der Waals surface area contributed by atoms with Gasteiger partial charge in [-0.1, -0.05) is 29.8 Å². The Morgan fingerprint density at radius 3 is 2.21 bits per heavy atom. The Morgan fingerprint density at radius 2 is 1.55 bits per heavy atom. The number of para-hydroxylation sites is 1. The normalized spacial score (nSPS) is 13.5. The zero-order valence-corrected chi connectivity index (χ0v) is 18.5. The molecule has 33 heavy (non-hydrogen) atoms. The molecule has 0 radical (unpaired) electrons. The number of imide groups is 1. The van der Waals surface area contributed by atoms with Crippen molar-refractivity contribution in [2.75, 3.05) is 15.5 Å². The van der Waals surface area contributed by atoms with Crippen LogP contribution in [0.1, 0.15) is 21.5 Å². The molecule has 3 aromatic rings. The van der Waals surface area contributed by atoms with Crippen LogP contribution in [0.5, 0.6) is 0 Å². The zero-order chi connectivity index (χ0) is 23.7. The summed E-state index contributed by atoms with van der Waals surface area (Å²) in [5.74, 6) is -2.60. The van der Waals surface area contributed by atoms with Gasteiger partial charge in [-0.25, -0.2) is 9.29 Å². The molecule has 0 spiro atoms. The van der Waals surface area contributed by atoms with Crippen LogP contribution in [-0.2, 0) is 9.59 Å². The number of carbonyl (C=O) groups excluding carboxylic acids is 3. The molecule has 2 N–H and O–H groups in total. The van der Waals surface area contributed by atoms with Gasteiger partial charge in [0.2, 0.25) is 0 Å². The number of rotatable bonds is 5. The first-order valence-electron chi connectivity index (χ1n) is 10.0. The van der Waals surface area contributed by atoms with E-state index in [4.69, 9.17) is 11.6 Å². The number of carbonyl (C=O) groups is 3. The summed E-state index contributed by atoms with van der Waals surface area (Å²) in [6.45, 7) is 3.96. The highest BCUT2D eigenvalue weighted by atomic mass is 35.5. The lowest BCUT2D eigenvalue weighted by Gasteiger charge is -2.15. The summed E-state index contributed by atoms with van der Waals surface area (Å²) < 4.78 is 14.1. The van der Waals surface area contributed by atoms with Gasteiger partial charge in [0, 0.05) is 16.9 Å². The lowest BCUT2D eigenvalue weighted by molar-refractivity contribution is -0.120. The maximum atomic E-state index is 14.1. The number of hydrogen-bond donors (Lipinski definition) is 2. The van der Waals surface area contributed by atoms with Gasteiger partial charge in [0.25, 0.3) is 17.7 Å². The summed E-state index contributed by atoms with van der Waals surface area (Å²) in [6, 6.07) is 17.4. The summed E-state index contributed by atoms with van der Waals surface area (Å²) in [6.07, 6.45) is 0. The van der Waals surface area contributed by atoms with Gasteiger partial charge in [-0.05, 0) is 73.5 Å². The van der Waals surface area contributed by atoms with Gasteiger partial charge in [0.05, 0.1) is 5.69 Å². The summed E-state index contributed by atoms with van der Waals surface area (Å²) >= 11 is 6.08. The summed E-state index contributed by atoms with van der Waals surface area (Å²) in [5.41, 5.74) is 3.37. The topological polar surface area (TPSA) is 78.5 Å². The van der Waals surface area contributed by atoms with Crippen LogP contribution in [0.25, 0.3) is 0 Å². The number of anilines is 3. The molecule has 1 heterocycles. The van der Waals surface area contributed by atoms with Crippen molar-refractivity contribution in [3.63, 3.8) is 0 Å². The quantitative estimate of drug-likeness (QED) is 0.514. The van der Waals surface area contributed by atoms with E-state index in [9.17, 15) is 18.8 Å². The lowest BCUT2D eigenvalue weighted by Crippen LogP contribution is -2.33. The number of hydrogen-bond acceptors (Lipinski definition) is 4. The minimum absolute atomic E-state index is 0.169. The van der Waals surface area contributed by atoms with E-state index in [0.717, 1.165) is 17.2 Å². The molecular weight excluding hydrogens is 445 g/mol. The number of nitrogens with one attached hydrogen (secondary N) is 2. The SMILES string of the molecule is Cc1ccc(NC(=O)c2ccc(NC3=C(Cl)C(=O)N(c4ccccc4F)C3=O)cc2)cc1C. The van der Waals surface area contributed by atoms with E-state index in [1.807, 2.05) is 32.0 Å². The third-order valence-corrected chi connectivity index (χ3v) is 5.65. The molecule has 1 aliphatic heterocycles. The van der Waals surface area contributed by atoms with Crippen molar-refractivity contribution in [3.8, 4) is 0 Å². The van der Waals surface area contributed by atoms with Gasteiger partial charge in [-0.3, -0.25) is 14.4 Å². The number of benzene rings is 3. The van der Waals surface area contributed by atoms with Crippen LogP contribution in [0.3, 0.4) is 0 Å². The van der Waals surface area contributed by atoms with E-state index >= 15 is 0 Å². The van der Waals surface area contributed by atoms with E-state index < -0.39 is 17.6 Å². The molecule has 0 bridgehead atoms. The average molecular weight is 464 g/mol. The standard InChI is InChI=1S/C25H19ClFN3O3/c1-14-7-10-18(13-15(14)2)29-23(31)16-8-11-17(12-9-16)28-22-21(26)24(32)30(25(22)33)20-6-4-3-5-19(20)27/h3-13,28H,1-2H3,(H,29,31). The number of halogens is 2. The Labute approximate surface area is 194 Å². The van der Waals surface area contributed by atoms with Crippen LogP contribution < -0.4 is 15.5 Å². The van der Waals surface area contributed by atoms with E-state index in [0.29, 0.717) is 21.8 Å². The molecule has 166 valence electrons. The molecule has 4 rings (SSSR count).